The van der Waals surface area contributed by atoms with E-state index in [0.717, 1.165) is 18.5 Å². The molecule has 21 heavy (non-hydrogen) atoms. The van der Waals surface area contributed by atoms with Crippen molar-refractivity contribution in [1.82, 2.24) is 4.98 Å². The molecule has 5 nitrogen and oxygen atoms in total. The zero-order chi connectivity index (χ0) is 14.9. The van der Waals surface area contributed by atoms with E-state index in [1.165, 1.54) is 11.3 Å². The van der Waals surface area contributed by atoms with Crippen LogP contribution in [-0.2, 0) is 22.4 Å². The van der Waals surface area contributed by atoms with Crippen molar-refractivity contribution < 1.29 is 13.5 Å². The van der Waals surface area contributed by atoms with Crippen LogP contribution in [0.3, 0.4) is 0 Å². The maximum absolute atomic E-state index is 12.2. The predicted octanol–water partition coefficient (Wildman–Crippen LogP) is 2.45. The van der Waals surface area contributed by atoms with Crippen LogP contribution in [0.15, 0.2) is 29.6 Å². The normalized spacial score (nSPS) is 15.1. The number of thiazole rings is 1. The van der Waals surface area contributed by atoms with E-state index in [4.69, 9.17) is 5.11 Å². The molecule has 0 bridgehead atoms. The smallest absolute Gasteiger partial charge is 0.238 e. The monoisotopic (exact) mass is 324 g/mol. The van der Waals surface area contributed by atoms with E-state index in [0.29, 0.717) is 22.2 Å². The number of nitrogens with one attached hydrogen (secondary N) is 1. The SMILES string of the molecule is O=S(=O)(Cc1cccc(CO)c1)Nc1nc(C2CC2)cs1. The second-order valence-electron chi connectivity index (χ2n) is 5.19. The van der Waals surface area contributed by atoms with E-state index in [9.17, 15) is 8.42 Å². The number of hydrogen-bond acceptors (Lipinski definition) is 5. The van der Waals surface area contributed by atoms with Crippen molar-refractivity contribution in [3.05, 3.63) is 46.5 Å². The van der Waals surface area contributed by atoms with E-state index >= 15 is 0 Å². The van der Waals surface area contributed by atoms with Gasteiger partial charge in [0.25, 0.3) is 0 Å². The molecule has 1 aliphatic carbocycles. The van der Waals surface area contributed by atoms with Crippen LogP contribution in [0.4, 0.5) is 5.13 Å². The molecule has 0 spiro atoms. The summed E-state index contributed by atoms with van der Waals surface area (Å²) in [5, 5.41) is 11.4. The van der Waals surface area contributed by atoms with Crippen LogP contribution in [0.2, 0.25) is 0 Å². The molecular weight excluding hydrogens is 308 g/mol. The van der Waals surface area contributed by atoms with Crippen molar-refractivity contribution in [1.29, 1.82) is 0 Å². The number of anilines is 1. The van der Waals surface area contributed by atoms with Crippen LogP contribution in [0.5, 0.6) is 0 Å². The summed E-state index contributed by atoms with van der Waals surface area (Å²) in [6.07, 6.45) is 2.29. The molecule has 3 rings (SSSR count). The molecule has 0 atom stereocenters. The summed E-state index contributed by atoms with van der Waals surface area (Å²) >= 11 is 1.32. The Balaban J connectivity index is 1.70. The Labute approximate surface area is 127 Å². The third-order valence-corrected chi connectivity index (χ3v) is 5.41. The minimum absolute atomic E-state index is 0.0987. The fourth-order valence-corrected chi connectivity index (χ4v) is 4.32. The lowest BCUT2D eigenvalue weighted by atomic mass is 10.1. The lowest BCUT2D eigenvalue weighted by molar-refractivity contribution is 0.282. The number of hydrogen-bond donors (Lipinski definition) is 2. The summed E-state index contributed by atoms with van der Waals surface area (Å²) in [7, 11) is -3.49. The molecule has 1 aliphatic rings. The Morgan fingerprint density at radius 1 is 1.33 bits per heavy atom. The van der Waals surface area contributed by atoms with Gasteiger partial charge in [-0.1, -0.05) is 24.3 Å². The number of aromatic nitrogens is 1. The molecule has 1 fully saturated rings. The summed E-state index contributed by atoms with van der Waals surface area (Å²) in [5.74, 6) is 0.389. The molecule has 1 aromatic heterocycles. The van der Waals surface area contributed by atoms with Gasteiger partial charge >= 0.3 is 0 Å². The molecule has 0 saturated heterocycles. The predicted molar refractivity (Wildman–Crippen MR) is 82.7 cm³/mol. The average molecular weight is 324 g/mol. The average Bonchev–Trinajstić information content (AvgIpc) is 3.19. The summed E-state index contributed by atoms with van der Waals surface area (Å²) in [5.41, 5.74) is 2.33. The lowest BCUT2D eigenvalue weighted by Gasteiger charge is -2.06. The van der Waals surface area contributed by atoms with Crippen molar-refractivity contribution in [3.8, 4) is 0 Å². The minimum atomic E-state index is -3.49. The molecule has 112 valence electrons. The Kier molecular flexibility index (Phi) is 3.97. The molecular formula is C14H16N2O3S2. The van der Waals surface area contributed by atoms with Crippen LogP contribution in [0.1, 0.15) is 35.6 Å². The highest BCUT2D eigenvalue weighted by Gasteiger charge is 2.26. The van der Waals surface area contributed by atoms with E-state index < -0.39 is 10.0 Å². The number of sulfonamides is 1. The van der Waals surface area contributed by atoms with Gasteiger partial charge in [-0.2, -0.15) is 0 Å². The lowest BCUT2D eigenvalue weighted by Crippen LogP contribution is -2.15. The molecule has 0 unspecified atom stereocenters. The zero-order valence-electron chi connectivity index (χ0n) is 11.3. The quantitative estimate of drug-likeness (QED) is 0.855. The maximum Gasteiger partial charge on any atom is 0.238 e. The Bertz CT molecular complexity index is 736. The topological polar surface area (TPSA) is 79.3 Å². The fraction of sp³-hybridized carbons (Fsp3) is 0.357. The summed E-state index contributed by atoms with van der Waals surface area (Å²) in [4.78, 5) is 4.32. The van der Waals surface area contributed by atoms with Gasteiger partial charge in [-0.25, -0.2) is 13.4 Å². The van der Waals surface area contributed by atoms with Gasteiger partial charge in [-0.05, 0) is 24.0 Å². The molecule has 0 aliphatic heterocycles. The molecule has 1 saturated carbocycles. The number of aliphatic hydroxyl groups excluding tert-OH is 1. The van der Waals surface area contributed by atoms with Crippen molar-refractivity contribution in [3.63, 3.8) is 0 Å². The molecule has 2 aromatic rings. The first-order chi connectivity index (χ1) is 10.1. The van der Waals surface area contributed by atoms with Crippen LogP contribution >= 0.6 is 11.3 Å². The van der Waals surface area contributed by atoms with Gasteiger partial charge in [-0.15, -0.1) is 11.3 Å². The second-order valence-corrected chi connectivity index (χ2v) is 7.77. The Morgan fingerprint density at radius 2 is 2.10 bits per heavy atom. The highest BCUT2D eigenvalue weighted by atomic mass is 32.2. The van der Waals surface area contributed by atoms with Gasteiger partial charge < -0.3 is 5.11 Å². The van der Waals surface area contributed by atoms with E-state index in [-0.39, 0.29) is 12.4 Å². The van der Waals surface area contributed by atoms with Gasteiger partial charge in [0.15, 0.2) is 5.13 Å². The number of benzene rings is 1. The Hall–Kier alpha value is -1.44. The molecule has 1 heterocycles. The molecule has 2 N–H and O–H groups in total. The largest absolute Gasteiger partial charge is 0.392 e. The van der Waals surface area contributed by atoms with Gasteiger partial charge in [-0.3, -0.25) is 4.72 Å². The highest BCUT2D eigenvalue weighted by molar-refractivity contribution is 7.92. The van der Waals surface area contributed by atoms with Crippen LogP contribution in [-0.4, -0.2) is 18.5 Å². The van der Waals surface area contributed by atoms with Crippen molar-refractivity contribution >= 4 is 26.5 Å². The van der Waals surface area contributed by atoms with E-state index in [1.807, 2.05) is 5.38 Å². The molecule has 1 aromatic carbocycles. The van der Waals surface area contributed by atoms with Crippen molar-refractivity contribution in [2.24, 2.45) is 0 Å². The van der Waals surface area contributed by atoms with Crippen molar-refractivity contribution in [2.75, 3.05) is 4.72 Å². The standard InChI is InChI=1S/C14H16N2O3S2/c17-7-10-2-1-3-11(6-10)9-21(18,19)16-14-15-13(8-20-14)12-4-5-12/h1-3,6,8,12,17H,4-5,7,9H2,(H,15,16). The summed E-state index contributed by atoms with van der Waals surface area (Å²) in [6, 6.07) is 6.92. The van der Waals surface area contributed by atoms with Gasteiger partial charge in [0.1, 0.15) is 0 Å². The third kappa shape index (κ3) is 3.81. The first-order valence-corrected chi connectivity index (χ1v) is 9.23. The van der Waals surface area contributed by atoms with Gasteiger partial charge in [0.05, 0.1) is 18.1 Å². The first-order valence-electron chi connectivity index (χ1n) is 6.70. The second kappa shape index (κ2) is 5.75. The summed E-state index contributed by atoms with van der Waals surface area (Å²) in [6.45, 7) is -0.0987. The third-order valence-electron chi connectivity index (χ3n) is 3.29. The first kappa shape index (κ1) is 14.5. The Morgan fingerprint density at radius 3 is 2.81 bits per heavy atom. The zero-order valence-corrected chi connectivity index (χ0v) is 13.0. The van der Waals surface area contributed by atoms with Crippen LogP contribution < -0.4 is 4.72 Å². The van der Waals surface area contributed by atoms with E-state index in [2.05, 4.69) is 9.71 Å². The minimum Gasteiger partial charge on any atom is -0.392 e. The molecule has 0 amide bonds. The van der Waals surface area contributed by atoms with E-state index in [1.54, 1.807) is 24.3 Å². The van der Waals surface area contributed by atoms with Crippen LogP contribution in [0, 0.1) is 0 Å². The number of aliphatic hydroxyl groups is 1. The van der Waals surface area contributed by atoms with Crippen LogP contribution in [0.25, 0.3) is 0 Å². The number of nitrogens with zero attached hydrogens (tertiary/aromatic N) is 1. The number of rotatable bonds is 6. The van der Waals surface area contributed by atoms with Crippen molar-refractivity contribution in [2.45, 2.75) is 31.1 Å². The molecule has 7 heteroatoms. The molecule has 0 radical (unpaired) electrons. The summed E-state index contributed by atoms with van der Waals surface area (Å²) < 4.78 is 26.8. The highest BCUT2D eigenvalue weighted by Crippen LogP contribution is 2.41. The van der Waals surface area contributed by atoms with Gasteiger partial charge in [0, 0.05) is 11.3 Å². The van der Waals surface area contributed by atoms with Gasteiger partial charge in [0.2, 0.25) is 10.0 Å². The maximum atomic E-state index is 12.2. The fourth-order valence-electron chi connectivity index (χ4n) is 2.11.